The Hall–Kier alpha value is -2.42. The van der Waals surface area contributed by atoms with Crippen LogP contribution in [0.5, 0.6) is 0 Å². The van der Waals surface area contributed by atoms with Gasteiger partial charge in [0.25, 0.3) is 0 Å². The molecule has 1 heterocycles. The van der Waals surface area contributed by atoms with Gasteiger partial charge in [0.1, 0.15) is 0 Å². The molecule has 1 aliphatic rings. The molecule has 0 saturated carbocycles. The molecule has 0 bridgehead atoms. The van der Waals surface area contributed by atoms with Gasteiger partial charge in [-0.15, -0.1) is 0 Å². The SMILES string of the molecule is O=C(CCNS(=O)(=O)c1ccc2c(c1)CCC(=O)N2)NCCc1ccc(Cl)cc1. The third kappa shape index (κ3) is 6.03. The summed E-state index contributed by atoms with van der Waals surface area (Å²) in [6.45, 7) is 0.465. The van der Waals surface area contributed by atoms with E-state index in [0.29, 0.717) is 36.5 Å². The second-order valence-corrected chi connectivity index (χ2v) is 8.94. The summed E-state index contributed by atoms with van der Waals surface area (Å²) in [5.74, 6) is -0.303. The summed E-state index contributed by atoms with van der Waals surface area (Å²) < 4.78 is 27.3. The van der Waals surface area contributed by atoms with Crippen LogP contribution >= 0.6 is 11.6 Å². The molecule has 154 valence electrons. The molecule has 2 amide bonds. The predicted molar refractivity (Wildman–Crippen MR) is 111 cm³/mol. The van der Waals surface area contributed by atoms with Crippen LogP contribution < -0.4 is 15.4 Å². The zero-order valence-corrected chi connectivity index (χ0v) is 17.3. The van der Waals surface area contributed by atoms with Crippen molar-refractivity contribution in [3.8, 4) is 0 Å². The molecule has 3 rings (SSSR count). The van der Waals surface area contributed by atoms with E-state index in [0.717, 1.165) is 11.1 Å². The number of hydrogen-bond donors (Lipinski definition) is 3. The maximum atomic E-state index is 12.4. The van der Waals surface area contributed by atoms with Gasteiger partial charge in [-0.2, -0.15) is 0 Å². The molecule has 1 aliphatic heterocycles. The highest BCUT2D eigenvalue weighted by atomic mass is 35.5. The lowest BCUT2D eigenvalue weighted by molar-refractivity contribution is -0.121. The Bertz CT molecular complexity index is 1010. The quantitative estimate of drug-likeness (QED) is 0.591. The van der Waals surface area contributed by atoms with Crippen LogP contribution in [-0.4, -0.2) is 33.3 Å². The number of rotatable bonds is 8. The van der Waals surface area contributed by atoms with E-state index in [-0.39, 0.29) is 29.7 Å². The van der Waals surface area contributed by atoms with E-state index in [2.05, 4.69) is 15.4 Å². The molecular formula is C20H22ClN3O4S. The van der Waals surface area contributed by atoms with Crippen LogP contribution in [0.25, 0.3) is 0 Å². The predicted octanol–water partition coefficient (Wildman–Crippen LogP) is 2.25. The number of sulfonamides is 1. The Morgan fingerprint density at radius 1 is 1.07 bits per heavy atom. The van der Waals surface area contributed by atoms with Crippen molar-refractivity contribution in [3.63, 3.8) is 0 Å². The second kappa shape index (κ2) is 9.39. The molecule has 9 heteroatoms. The molecule has 3 N–H and O–H groups in total. The fourth-order valence-electron chi connectivity index (χ4n) is 2.99. The first kappa shape index (κ1) is 21.3. The van der Waals surface area contributed by atoms with Crippen molar-refractivity contribution in [2.45, 2.75) is 30.6 Å². The summed E-state index contributed by atoms with van der Waals surface area (Å²) >= 11 is 5.83. The van der Waals surface area contributed by atoms with E-state index < -0.39 is 10.0 Å². The highest BCUT2D eigenvalue weighted by Gasteiger charge is 2.19. The summed E-state index contributed by atoms with van der Waals surface area (Å²) in [5, 5.41) is 6.15. The van der Waals surface area contributed by atoms with Crippen LogP contribution in [0, 0.1) is 0 Å². The Balaban J connectivity index is 1.44. The minimum absolute atomic E-state index is 0.00291. The largest absolute Gasteiger partial charge is 0.356 e. The summed E-state index contributed by atoms with van der Waals surface area (Å²) in [6, 6.07) is 12.0. The van der Waals surface area contributed by atoms with Gasteiger partial charge in [-0.1, -0.05) is 23.7 Å². The van der Waals surface area contributed by atoms with Gasteiger partial charge in [-0.3, -0.25) is 9.59 Å². The average Bonchev–Trinajstić information content (AvgIpc) is 2.69. The molecule has 0 fully saturated rings. The molecule has 2 aromatic rings. The van der Waals surface area contributed by atoms with Gasteiger partial charge in [0, 0.05) is 36.6 Å². The van der Waals surface area contributed by atoms with E-state index in [1.165, 1.54) is 6.07 Å². The Labute approximate surface area is 174 Å². The molecule has 0 unspecified atom stereocenters. The Morgan fingerprint density at radius 3 is 2.59 bits per heavy atom. The summed E-state index contributed by atoms with van der Waals surface area (Å²) in [5.41, 5.74) is 2.48. The van der Waals surface area contributed by atoms with Crippen molar-refractivity contribution in [1.82, 2.24) is 10.0 Å². The first-order chi connectivity index (χ1) is 13.8. The third-order valence-electron chi connectivity index (χ3n) is 4.58. The minimum Gasteiger partial charge on any atom is -0.356 e. The van der Waals surface area contributed by atoms with Crippen LogP contribution in [0.3, 0.4) is 0 Å². The molecule has 29 heavy (non-hydrogen) atoms. The van der Waals surface area contributed by atoms with Crippen molar-refractivity contribution < 1.29 is 18.0 Å². The zero-order chi connectivity index (χ0) is 20.9. The second-order valence-electron chi connectivity index (χ2n) is 6.74. The van der Waals surface area contributed by atoms with E-state index >= 15 is 0 Å². The normalized spacial score (nSPS) is 13.5. The number of aryl methyl sites for hydroxylation is 1. The maximum Gasteiger partial charge on any atom is 0.240 e. The molecule has 0 saturated heterocycles. The molecule has 7 nitrogen and oxygen atoms in total. The van der Waals surface area contributed by atoms with Crippen molar-refractivity contribution in [1.29, 1.82) is 0 Å². The van der Waals surface area contributed by atoms with Gasteiger partial charge >= 0.3 is 0 Å². The maximum absolute atomic E-state index is 12.4. The molecule has 0 spiro atoms. The lowest BCUT2D eigenvalue weighted by atomic mass is 10.0. The zero-order valence-electron chi connectivity index (χ0n) is 15.7. The number of anilines is 1. The number of nitrogens with one attached hydrogen (secondary N) is 3. The summed E-state index contributed by atoms with van der Waals surface area (Å²) in [4.78, 5) is 23.4. The topological polar surface area (TPSA) is 104 Å². The van der Waals surface area contributed by atoms with Crippen LogP contribution in [0.15, 0.2) is 47.4 Å². The minimum atomic E-state index is -3.73. The van der Waals surface area contributed by atoms with Gasteiger partial charge in [0.2, 0.25) is 21.8 Å². The van der Waals surface area contributed by atoms with Crippen molar-refractivity contribution >= 4 is 39.1 Å². The van der Waals surface area contributed by atoms with Crippen LogP contribution in [0.1, 0.15) is 24.0 Å². The highest BCUT2D eigenvalue weighted by Crippen LogP contribution is 2.25. The van der Waals surface area contributed by atoms with Gasteiger partial charge in [-0.25, -0.2) is 13.1 Å². The van der Waals surface area contributed by atoms with Crippen molar-refractivity contribution in [3.05, 3.63) is 58.6 Å². The summed E-state index contributed by atoms with van der Waals surface area (Å²) in [7, 11) is -3.73. The Morgan fingerprint density at radius 2 is 1.83 bits per heavy atom. The van der Waals surface area contributed by atoms with Crippen LogP contribution in [-0.2, 0) is 32.5 Å². The Kier molecular flexibility index (Phi) is 6.89. The van der Waals surface area contributed by atoms with Crippen LogP contribution in [0.2, 0.25) is 5.02 Å². The molecular weight excluding hydrogens is 414 g/mol. The molecule has 0 aliphatic carbocycles. The van der Waals surface area contributed by atoms with Gasteiger partial charge in [0.15, 0.2) is 0 Å². The summed E-state index contributed by atoms with van der Waals surface area (Å²) in [6.07, 6.45) is 1.54. The lowest BCUT2D eigenvalue weighted by Gasteiger charge is -2.17. The van der Waals surface area contributed by atoms with Crippen molar-refractivity contribution in [2.75, 3.05) is 18.4 Å². The molecule has 2 aromatic carbocycles. The number of carbonyl (C=O) groups is 2. The number of benzene rings is 2. The van der Waals surface area contributed by atoms with E-state index in [9.17, 15) is 18.0 Å². The van der Waals surface area contributed by atoms with Gasteiger partial charge in [-0.05, 0) is 54.3 Å². The number of halogens is 1. The third-order valence-corrected chi connectivity index (χ3v) is 6.29. The number of amides is 2. The van der Waals surface area contributed by atoms with Crippen LogP contribution in [0.4, 0.5) is 5.69 Å². The van der Waals surface area contributed by atoms with E-state index in [1.54, 1.807) is 24.3 Å². The smallest absolute Gasteiger partial charge is 0.240 e. The van der Waals surface area contributed by atoms with Gasteiger partial charge in [0.05, 0.1) is 4.90 Å². The number of hydrogen-bond acceptors (Lipinski definition) is 4. The molecule has 0 atom stereocenters. The van der Waals surface area contributed by atoms with E-state index in [4.69, 9.17) is 11.6 Å². The standard InChI is InChI=1S/C20H22ClN3O4S/c21-16-4-1-14(2-5-16)9-11-22-19(25)10-12-23-29(27,28)17-6-7-18-15(13-17)3-8-20(26)24-18/h1-2,4-7,13,23H,3,8-12H2,(H,22,25)(H,24,26). The van der Waals surface area contributed by atoms with Gasteiger partial charge < -0.3 is 10.6 Å². The van der Waals surface area contributed by atoms with E-state index in [1.807, 2.05) is 12.1 Å². The fourth-order valence-corrected chi connectivity index (χ4v) is 4.20. The fraction of sp³-hybridized carbons (Fsp3) is 0.300. The highest BCUT2D eigenvalue weighted by molar-refractivity contribution is 7.89. The lowest BCUT2D eigenvalue weighted by Crippen LogP contribution is -2.31. The number of fused-ring (bicyclic) bond motifs is 1. The first-order valence-corrected chi connectivity index (χ1v) is 11.1. The average molecular weight is 436 g/mol. The van der Waals surface area contributed by atoms with Crippen molar-refractivity contribution in [2.24, 2.45) is 0 Å². The number of carbonyl (C=O) groups excluding carboxylic acids is 2. The monoisotopic (exact) mass is 435 g/mol. The first-order valence-electron chi connectivity index (χ1n) is 9.27. The molecule has 0 radical (unpaired) electrons. The molecule has 0 aromatic heterocycles.